The van der Waals surface area contributed by atoms with Gasteiger partial charge in [0.1, 0.15) is 0 Å². The number of halogens is 1. The van der Waals surface area contributed by atoms with Crippen LogP contribution in [-0.4, -0.2) is 5.24 Å². The molecule has 0 saturated heterocycles. The Labute approximate surface area is 91.7 Å². The van der Waals surface area contributed by atoms with Crippen molar-refractivity contribution in [1.29, 1.82) is 5.26 Å². The van der Waals surface area contributed by atoms with Crippen LogP contribution in [0.2, 0.25) is 0 Å². The van der Waals surface area contributed by atoms with Gasteiger partial charge in [0.25, 0.3) is 5.24 Å². The van der Waals surface area contributed by atoms with Crippen molar-refractivity contribution in [3.63, 3.8) is 0 Å². The summed E-state index contributed by atoms with van der Waals surface area (Å²) in [4.78, 5) is 11.2. The zero-order valence-electron chi connectivity index (χ0n) is 7.70. The molecular formula is C12H6ClNO. The van der Waals surface area contributed by atoms with Crippen LogP contribution in [-0.2, 0) is 0 Å². The highest BCUT2D eigenvalue weighted by Gasteiger charge is 2.10. The van der Waals surface area contributed by atoms with Crippen LogP contribution in [0.1, 0.15) is 15.9 Å². The normalized spacial score (nSPS) is 9.87. The number of nitriles is 1. The molecule has 0 amide bonds. The molecule has 72 valence electrons. The lowest BCUT2D eigenvalue weighted by Gasteiger charge is -2.03. The molecule has 0 N–H and O–H groups in total. The van der Waals surface area contributed by atoms with Crippen LogP contribution >= 0.6 is 11.6 Å². The molecule has 2 aromatic rings. The minimum absolute atomic E-state index is 0.381. The molecule has 0 atom stereocenters. The molecule has 15 heavy (non-hydrogen) atoms. The van der Waals surface area contributed by atoms with E-state index in [4.69, 9.17) is 16.9 Å². The molecule has 0 aromatic heterocycles. The third kappa shape index (κ3) is 1.58. The molecule has 0 aliphatic carbocycles. The molecule has 0 fully saturated rings. The van der Waals surface area contributed by atoms with Crippen molar-refractivity contribution < 1.29 is 4.79 Å². The van der Waals surface area contributed by atoms with Crippen molar-refractivity contribution in [1.82, 2.24) is 0 Å². The summed E-state index contributed by atoms with van der Waals surface area (Å²) in [7, 11) is 0. The minimum Gasteiger partial charge on any atom is -0.276 e. The molecular weight excluding hydrogens is 210 g/mol. The van der Waals surface area contributed by atoms with E-state index in [-0.39, 0.29) is 0 Å². The van der Waals surface area contributed by atoms with Gasteiger partial charge >= 0.3 is 0 Å². The predicted molar refractivity (Wildman–Crippen MR) is 58.8 cm³/mol. The SMILES string of the molecule is N#Cc1cccc2cccc(C(=O)Cl)c12. The maximum atomic E-state index is 11.2. The molecule has 0 aliphatic rings. The third-order valence-corrected chi connectivity index (χ3v) is 2.44. The Kier molecular flexibility index (Phi) is 2.40. The highest BCUT2D eigenvalue weighted by atomic mass is 35.5. The fourth-order valence-electron chi connectivity index (χ4n) is 1.60. The van der Waals surface area contributed by atoms with Gasteiger partial charge in [-0.1, -0.05) is 24.3 Å². The fourth-order valence-corrected chi connectivity index (χ4v) is 1.76. The fraction of sp³-hybridized carbons (Fsp3) is 0. The standard InChI is InChI=1S/C12H6ClNO/c13-12(15)10-6-2-4-8-3-1-5-9(7-14)11(8)10/h1-6H. The van der Waals surface area contributed by atoms with Crippen LogP contribution in [0.15, 0.2) is 36.4 Å². The van der Waals surface area contributed by atoms with Crippen LogP contribution in [0.4, 0.5) is 0 Å². The van der Waals surface area contributed by atoms with Crippen molar-refractivity contribution in [2.75, 3.05) is 0 Å². The Balaban J connectivity index is 2.95. The molecule has 3 heteroatoms. The van der Waals surface area contributed by atoms with E-state index >= 15 is 0 Å². The summed E-state index contributed by atoms with van der Waals surface area (Å²) in [6.07, 6.45) is 0. The largest absolute Gasteiger partial charge is 0.276 e. The summed E-state index contributed by atoms with van der Waals surface area (Å²) >= 11 is 5.46. The van der Waals surface area contributed by atoms with Gasteiger partial charge in [-0.25, -0.2) is 0 Å². The van der Waals surface area contributed by atoms with Crippen LogP contribution in [0, 0.1) is 11.3 Å². The Morgan fingerprint density at radius 1 is 1.20 bits per heavy atom. The van der Waals surface area contributed by atoms with Crippen molar-refractivity contribution in [2.45, 2.75) is 0 Å². The topological polar surface area (TPSA) is 40.9 Å². The van der Waals surface area contributed by atoms with E-state index in [0.29, 0.717) is 16.5 Å². The second kappa shape index (κ2) is 3.72. The highest BCUT2D eigenvalue weighted by molar-refractivity contribution is 6.68. The molecule has 0 aliphatic heterocycles. The molecule has 0 bridgehead atoms. The van der Waals surface area contributed by atoms with Crippen LogP contribution < -0.4 is 0 Å². The van der Waals surface area contributed by atoms with Gasteiger partial charge in [0, 0.05) is 10.9 Å². The van der Waals surface area contributed by atoms with E-state index in [1.807, 2.05) is 12.1 Å². The van der Waals surface area contributed by atoms with E-state index in [2.05, 4.69) is 6.07 Å². The average Bonchev–Trinajstić information content (AvgIpc) is 2.27. The Hall–Kier alpha value is -1.85. The van der Waals surface area contributed by atoms with Crippen molar-refractivity contribution in [3.05, 3.63) is 47.5 Å². The Morgan fingerprint density at radius 2 is 1.87 bits per heavy atom. The third-order valence-electron chi connectivity index (χ3n) is 2.24. The van der Waals surface area contributed by atoms with Gasteiger partial charge in [-0.2, -0.15) is 5.26 Å². The Bertz CT molecular complexity index is 578. The number of fused-ring (bicyclic) bond motifs is 1. The second-order valence-corrected chi connectivity index (χ2v) is 3.44. The van der Waals surface area contributed by atoms with E-state index in [1.54, 1.807) is 24.3 Å². The first-order valence-electron chi connectivity index (χ1n) is 4.35. The first-order valence-corrected chi connectivity index (χ1v) is 4.73. The van der Waals surface area contributed by atoms with Gasteiger partial charge in [0.05, 0.1) is 11.6 Å². The summed E-state index contributed by atoms with van der Waals surface area (Å²) in [6, 6.07) is 12.6. The first kappa shape index (κ1) is 9.70. The summed E-state index contributed by atoms with van der Waals surface area (Å²) < 4.78 is 0. The van der Waals surface area contributed by atoms with Gasteiger partial charge in [-0.15, -0.1) is 0 Å². The molecule has 2 nitrogen and oxygen atoms in total. The molecule has 0 spiro atoms. The molecule has 2 aromatic carbocycles. The monoisotopic (exact) mass is 215 g/mol. The number of carbonyl (C=O) groups excluding carboxylic acids is 1. The maximum absolute atomic E-state index is 11.2. The van der Waals surface area contributed by atoms with Gasteiger partial charge in [-0.3, -0.25) is 4.79 Å². The number of benzene rings is 2. The number of hydrogen-bond donors (Lipinski definition) is 0. The number of carbonyl (C=O) groups is 1. The molecule has 0 heterocycles. The summed E-state index contributed by atoms with van der Waals surface area (Å²) in [5.41, 5.74) is 0.850. The second-order valence-electron chi connectivity index (χ2n) is 3.09. The van der Waals surface area contributed by atoms with Crippen molar-refractivity contribution in [3.8, 4) is 6.07 Å². The highest BCUT2D eigenvalue weighted by Crippen LogP contribution is 2.23. The number of nitrogens with zero attached hydrogens (tertiary/aromatic N) is 1. The summed E-state index contributed by atoms with van der Waals surface area (Å²) in [5, 5.41) is 9.87. The van der Waals surface area contributed by atoms with Crippen molar-refractivity contribution >= 4 is 27.6 Å². The van der Waals surface area contributed by atoms with Crippen molar-refractivity contribution in [2.24, 2.45) is 0 Å². The maximum Gasteiger partial charge on any atom is 0.253 e. The Morgan fingerprint density at radius 3 is 2.47 bits per heavy atom. The zero-order valence-corrected chi connectivity index (χ0v) is 8.45. The predicted octanol–water partition coefficient (Wildman–Crippen LogP) is 3.09. The van der Waals surface area contributed by atoms with Crippen LogP contribution in [0.25, 0.3) is 10.8 Å². The van der Waals surface area contributed by atoms with Crippen LogP contribution in [0.5, 0.6) is 0 Å². The number of rotatable bonds is 1. The van der Waals surface area contributed by atoms with Gasteiger partial charge in [0.15, 0.2) is 0 Å². The van der Waals surface area contributed by atoms with E-state index in [1.165, 1.54) is 0 Å². The lowest BCUT2D eigenvalue weighted by Crippen LogP contribution is -1.92. The van der Waals surface area contributed by atoms with E-state index < -0.39 is 5.24 Å². The smallest absolute Gasteiger partial charge is 0.253 e. The molecule has 0 saturated carbocycles. The molecule has 0 unspecified atom stereocenters. The van der Waals surface area contributed by atoms with E-state index in [9.17, 15) is 4.79 Å². The van der Waals surface area contributed by atoms with Gasteiger partial charge in [-0.05, 0) is 29.1 Å². The van der Waals surface area contributed by atoms with E-state index in [0.717, 1.165) is 5.39 Å². The quantitative estimate of drug-likeness (QED) is 0.686. The van der Waals surface area contributed by atoms with Crippen LogP contribution in [0.3, 0.4) is 0 Å². The summed E-state index contributed by atoms with van der Waals surface area (Å²) in [6.45, 7) is 0. The minimum atomic E-state index is -0.539. The molecule has 0 radical (unpaired) electrons. The lowest BCUT2D eigenvalue weighted by molar-refractivity contribution is 0.108. The number of hydrogen-bond acceptors (Lipinski definition) is 2. The van der Waals surface area contributed by atoms with Gasteiger partial charge < -0.3 is 0 Å². The first-order chi connectivity index (χ1) is 7.24. The zero-order chi connectivity index (χ0) is 10.8. The average molecular weight is 216 g/mol. The summed E-state index contributed by atoms with van der Waals surface area (Å²) in [5.74, 6) is 0. The molecule has 2 rings (SSSR count). The lowest BCUT2D eigenvalue weighted by atomic mass is 10.0. The van der Waals surface area contributed by atoms with Gasteiger partial charge in [0.2, 0.25) is 0 Å².